The van der Waals surface area contributed by atoms with Gasteiger partial charge in [-0.3, -0.25) is 4.79 Å². The number of aliphatic hydroxyl groups is 2. The standard InChI is InChI=1S/C22H32O4/c1-2-3-4-5-6-10-15-20(23)16-11-7-8-12-17-21(24)18-13-9-14-19-22(25)26/h3-4,6-13,16-17,20-21,23-24H,2,5,14-15,18-19H2,1H3,(H,25,26)/b4-3-,8-7+,10-6-,13-9-,16-11-,17-12+/t20?,21-/m1/s1. The van der Waals surface area contributed by atoms with Crippen LogP contribution < -0.4 is 0 Å². The van der Waals surface area contributed by atoms with Crippen LogP contribution in [0.3, 0.4) is 0 Å². The third-order valence-electron chi connectivity index (χ3n) is 3.29. The van der Waals surface area contributed by atoms with E-state index in [4.69, 9.17) is 5.11 Å². The summed E-state index contributed by atoms with van der Waals surface area (Å²) in [7, 11) is 0. The third kappa shape index (κ3) is 18.2. The Hall–Kier alpha value is -2.17. The maximum Gasteiger partial charge on any atom is 0.303 e. The predicted octanol–water partition coefficient (Wildman–Crippen LogP) is 4.49. The minimum absolute atomic E-state index is 0.106. The van der Waals surface area contributed by atoms with Gasteiger partial charge in [0.05, 0.1) is 12.2 Å². The SMILES string of the molecule is CC/C=C\C/C=C\CC(O)\C=C/C=C/C=C/[C@@H](O)C/C=C\CCC(=O)O. The highest BCUT2D eigenvalue weighted by atomic mass is 16.4. The van der Waals surface area contributed by atoms with Gasteiger partial charge in [0.1, 0.15) is 0 Å². The topological polar surface area (TPSA) is 77.8 Å². The van der Waals surface area contributed by atoms with E-state index in [9.17, 15) is 15.0 Å². The van der Waals surface area contributed by atoms with Gasteiger partial charge in [-0.05, 0) is 32.1 Å². The van der Waals surface area contributed by atoms with E-state index in [1.807, 2.05) is 12.2 Å². The summed E-state index contributed by atoms with van der Waals surface area (Å²) >= 11 is 0. The van der Waals surface area contributed by atoms with E-state index in [2.05, 4.69) is 19.1 Å². The molecule has 0 saturated carbocycles. The molecule has 0 aromatic carbocycles. The molecule has 0 aliphatic rings. The van der Waals surface area contributed by atoms with Crippen LogP contribution in [0.15, 0.2) is 72.9 Å². The van der Waals surface area contributed by atoms with Gasteiger partial charge in [-0.25, -0.2) is 0 Å². The number of hydrogen-bond donors (Lipinski definition) is 3. The lowest BCUT2D eigenvalue weighted by atomic mass is 10.2. The molecule has 0 aliphatic heterocycles. The van der Waals surface area contributed by atoms with Gasteiger partial charge in [-0.2, -0.15) is 0 Å². The molecule has 4 heteroatoms. The molecule has 0 rings (SSSR count). The molecule has 0 amide bonds. The van der Waals surface area contributed by atoms with Gasteiger partial charge in [0.15, 0.2) is 0 Å². The molecule has 0 aliphatic carbocycles. The maximum atomic E-state index is 10.3. The molecule has 0 fully saturated rings. The van der Waals surface area contributed by atoms with E-state index in [1.54, 1.807) is 48.6 Å². The largest absolute Gasteiger partial charge is 0.481 e. The number of rotatable bonds is 14. The highest BCUT2D eigenvalue weighted by molar-refractivity contribution is 5.66. The lowest BCUT2D eigenvalue weighted by Crippen LogP contribution is -1.99. The van der Waals surface area contributed by atoms with Gasteiger partial charge in [0.2, 0.25) is 0 Å². The fraction of sp³-hybridized carbons (Fsp3) is 0.409. The zero-order chi connectivity index (χ0) is 19.5. The van der Waals surface area contributed by atoms with Crippen molar-refractivity contribution >= 4 is 5.97 Å². The van der Waals surface area contributed by atoms with Crippen LogP contribution in [0.4, 0.5) is 0 Å². The van der Waals surface area contributed by atoms with Crippen LogP contribution in [0, 0.1) is 0 Å². The molecule has 3 N–H and O–H groups in total. The molecular formula is C22H32O4. The Kier molecular flexibility index (Phi) is 16.2. The first-order valence-electron chi connectivity index (χ1n) is 9.10. The van der Waals surface area contributed by atoms with Crippen LogP contribution in [0.25, 0.3) is 0 Å². The van der Waals surface area contributed by atoms with Crippen LogP contribution in [-0.2, 0) is 4.79 Å². The van der Waals surface area contributed by atoms with Gasteiger partial charge < -0.3 is 15.3 Å². The van der Waals surface area contributed by atoms with Crippen LogP contribution >= 0.6 is 0 Å². The summed E-state index contributed by atoms with van der Waals surface area (Å²) in [5.74, 6) is -0.821. The Morgan fingerprint density at radius 3 is 1.88 bits per heavy atom. The van der Waals surface area contributed by atoms with Crippen LogP contribution in [0.1, 0.15) is 45.4 Å². The minimum atomic E-state index is -0.821. The van der Waals surface area contributed by atoms with Crippen LogP contribution in [-0.4, -0.2) is 33.5 Å². The number of allylic oxidation sites excluding steroid dienone is 8. The van der Waals surface area contributed by atoms with E-state index in [1.165, 1.54) is 0 Å². The van der Waals surface area contributed by atoms with Gasteiger partial charge in [0, 0.05) is 6.42 Å². The molecule has 144 valence electrons. The van der Waals surface area contributed by atoms with Crippen molar-refractivity contribution < 1.29 is 20.1 Å². The maximum absolute atomic E-state index is 10.3. The Morgan fingerprint density at radius 1 is 0.808 bits per heavy atom. The molecule has 1 unspecified atom stereocenters. The average molecular weight is 360 g/mol. The monoisotopic (exact) mass is 360 g/mol. The number of hydrogen-bond acceptors (Lipinski definition) is 3. The quantitative estimate of drug-likeness (QED) is 0.315. The molecule has 0 radical (unpaired) electrons. The molecular weight excluding hydrogens is 328 g/mol. The minimum Gasteiger partial charge on any atom is -0.481 e. The lowest BCUT2D eigenvalue weighted by molar-refractivity contribution is -0.136. The fourth-order valence-corrected chi connectivity index (χ4v) is 1.90. The van der Waals surface area contributed by atoms with Crippen LogP contribution in [0.5, 0.6) is 0 Å². The Bertz CT molecular complexity index is 524. The van der Waals surface area contributed by atoms with E-state index >= 15 is 0 Å². The smallest absolute Gasteiger partial charge is 0.303 e. The summed E-state index contributed by atoms with van der Waals surface area (Å²) in [5, 5.41) is 28.0. The lowest BCUT2D eigenvalue weighted by Gasteiger charge is -1.99. The number of aliphatic carboxylic acids is 1. The normalized spacial score (nSPS) is 15.5. The summed E-state index contributed by atoms with van der Waals surface area (Å²) in [6.45, 7) is 2.10. The number of aliphatic hydroxyl groups excluding tert-OH is 2. The van der Waals surface area contributed by atoms with E-state index in [-0.39, 0.29) is 6.42 Å². The molecule has 0 aromatic heterocycles. The zero-order valence-electron chi connectivity index (χ0n) is 15.6. The second kappa shape index (κ2) is 17.6. The zero-order valence-corrected chi connectivity index (χ0v) is 15.6. The van der Waals surface area contributed by atoms with E-state index in [0.29, 0.717) is 19.3 Å². The number of carboxylic acids is 1. The Labute approximate surface area is 157 Å². The summed E-state index contributed by atoms with van der Waals surface area (Å²) in [4.78, 5) is 10.3. The van der Waals surface area contributed by atoms with Crippen molar-refractivity contribution in [3.05, 3.63) is 72.9 Å². The molecule has 0 heterocycles. The summed E-state index contributed by atoms with van der Waals surface area (Å²) in [5.41, 5.74) is 0. The van der Waals surface area contributed by atoms with Crippen molar-refractivity contribution in [1.29, 1.82) is 0 Å². The van der Waals surface area contributed by atoms with Crippen molar-refractivity contribution in [3.8, 4) is 0 Å². The van der Waals surface area contributed by atoms with Crippen molar-refractivity contribution in [2.75, 3.05) is 0 Å². The van der Waals surface area contributed by atoms with Gasteiger partial charge in [-0.15, -0.1) is 0 Å². The van der Waals surface area contributed by atoms with Crippen molar-refractivity contribution in [2.45, 2.75) is 57.7 Å². The summed E-state index contributed by atoms with van der Waals surface area (Å²) in [6, 6.07) is 0. The first-order chi connectivity index (χ1) is 12.6. The van der Waals surface area contributed by atoms with Crippen molar-refractivity contribution in [2.24, 2.45) is 0 Å². The first kappa shape index (κ1) is 23.8. The highest BCUT2D eigenvalue weighted by Gasteiger charge is 1.95. The highest BCUT2D eigenvalue weighted by Crippen LogP contribution is 2.00. The van der Waals surface area contributed by atoms with Gasteiger partial charge in [0.25, 0.3) is 0 Å². The van der Waals surface area contributed by atoms with Gasteiger partial charge >= 0.3 is 5.97 Å². The molecule has 26 heavy (non-hydrogen) atoms. The molecule has 0 aromatic rings. The molecule has 2 atom stereocenters. The average Bonchev–Trinajstić information content (AvgIpc) is 2.60. The number of carbonyl (C=O) groups is 1. The predicted molar refractivity (Wildman–Crippen MR) is 108 cm³/mol. The third-order valence-corrected chi connectivity index (χ3v) is 3.29. The Morgan fingerprint density at radius 2 is 1.35 bits per heavy atom. The van der Waals surface area contributed by atoms with Crippen molar-refractivity contribution in [1.82, 2.24) is 0 Å². The summed E-state index contributed by atoms with van der Waals surface area (Å²) in [6.07, 6.45) is 24.7. The van der Waals surface area contributed by atoms with Crippen LogP contribution in [0.2, 0.25) is 0 Å². The number of carboxylic acid groups (broad SMARTS) is 1. The molecule has 0 spiro atoms. The Balaban J connectivity index is 3.91. The van der Waals surface area contributed by atoms with E-state index < -0.39 is 18.2 Å². The fourth-order valence-electron chi connectivity index (χ4n) is 1.90. The molecule has 4 nitrogen and oxygen atoms in total. The van der Waals surface area contributed by atoms with Crippen molar-refractivity contribution in [3.63, 3.8) is 0 Å². The molecule has 0 bridgehead atoms. The van der Waals surface area contributed by atoms with Gasteiger partial charge in [-0.1, -0.05) is 79.8 Å². The summed E-state index contributed by atoms with van der Waals surface area (Å²) < 4.78 is 0. The van der Waals surface area contributed by atoms with E-state index in [0.717, 1.165) is 12.8 Å². The second-order valence-corrected chi connectivity index (χ2v) is 5.75. The second-order valence-electron chi connectivity index (χ2n) is 5.75. The first-order valence-corrected chi connectivity index (χ1v) is 9.10. The molecule has 0 saturated heterocycles.